The zero-order valence-electron chi connectivity index (χ0n) is 22.2. The number of carbonyl (C=O) groups is 1. The average Bonchev–Trinajstić information content (AvgIpc) is 3.56. The lowest BCUT2D eigenvalue weighted by Gasteiger charge is -2.25. The van der Waals surface area contributed by atoms with Crippen LogP contribution >= 0.6 is 0 Å². The first-order chi connectivity index (χ1) is 19.6. The minimum absolute atomic E-state index is 0.0620. The molecular weight excluding hydrogens is 539 g/mol. The fourth-order valence-corrected chi connectivity index (χ4v) is 5.69. The van der Waals surface area contributed by atoms with E-state index in [1.807, 2.05) is 0 Å². The standard InChI is InChI=1S/C28H26F3N7O3/c1-3-37-10-16(27(40)41)24(39)14-6-13(8-35-26(14)37)15-9-34-25-20(23(15)38-5-4-28(31,11-32)12-38)19-21(30)17(29)7-18(33-2)22(19)36-25/h6-10,33H,3-5,11-12,32H2,1-2H3,(H,34,36)(H,40,41). The highest BCUT2D eigenvalue weighted by Crippen LogP contribution is 2.45. The van der Waals surface area contributed by atoms with Crippen LogP contribution in [0.2, 0.25) is 0 Å². The molecule has 1 saturated heterocycles. The lowest BCUT2D eigenvalue weighted by Crippen LogP contribution is -2.36. The summed E-state index contributed by atoms with van der Waals surface area (Å²) in [5.74, 6) is -3.54. The van der Waals surface area contributed by atoms with Gasteiger partial charge in [-0.2, -0.15) is 0 Å². The molecule has 0 saturated carbocycles. The number of aryl methyl sites for hydroxylation is 1. The maximum absolute atomic E-state index is 15.5. The van der Waals surface area contributed by atoms with Gasteiger partial charge in [0.1, 0.15) is 22.5 Å². The zero-order valence-corrected chi connectivity index (χ0v) is 22.2. The molecule has 5 heterocycles. The van der Waals surface area contributed by atoms with Crippen LogP contribution in [0.25, 0.3) is 44.1 Å². The maximum Gasteiger partial charge on any atom is 0.341 e. The van der Waals surface area contributed by atoms with E-state index in [0.29, 0.717) is 29.0 Å². The van der Waals surface area contributed by atoms with Crippen molar-refractivity contribution >= 4 is 50.3 Å². The van der Waals surface area contributed by atoms with Crippen LogP contribution in [0.1, 0.15) is 23.7 Å². The molecule has 1 unspecified atom stereocenters. The van der Waals surface area contributed by atoms with E-state index in [1.54, 1.807) is 23.4 Å². The van der Waals surface area contributed by atoms with Crippen molar-refractivity contribution in [2.75, 3.05) is 36.9 Å². The third-order valence-corrected chi connectivity index (χ3v) is 7.81. The van der Waals surface area contributed by atoms with Gasteiger partial charge in [-0.25, -0.2) is 27.9 Å². The molecule has 5 aromatic rings. The fourth-order valence-electron chi connectivity index (χ4n) is 5.69. The van der Waals surface area contributed by atoms with Crippen LogP contribution in [0.5, 0.6) is 0 Å². The predicted molar refractivity (Wildman–Crippen MR) is 150 cm³/mol. The number of hydrogen-bond acceptors (Lipinski definition) is 7. The molecule has 6 rings (SSSR count). The molecule has 1 fully saturated rings. The van der Waals surface area contributed by atoms with E-state index >= 15 is 8.78 Å². The van der Waals surface area contributed by atoms with Gasteiger partial charge in [-0.3, -0.25) is 4.79 Å². The number of aromatic nitrogens is 4. The Bertz CT molecular complexity index is 1950. The Hall–Kier alpha value is -4.65. The molecule has 0 aliphatic carbocycles. The summed E-state index contributed by atoms with van der Waals surface area (Å²) < 4.78 is 47.2. The van der Waals surface area contributed by atoms with E-state index in [1.165, 1.54) is 24.7 Å². The number of rotatable bonds is 6. The van der Waals surface area contributed by atoms with E-state index in [-0.39, 0.29) is 59.0 Å². The summed E-state index contributed by atoms with van der Waals surface area (Å²) in [5, 5.41) is 12.7. The van der Waals surface area contributed by atoms with Crippen molar-refractivity contribution in [3.8, 4) is 11.1 Å². The van der Waals surface area contributed by atoms with Crippen molar-refractivity contribution in [1.29, 1.82) is 0 Å². The summed E-state index contributed by atoms with van der Waals surface area (Å²) in [6.45, 7) is 2.06. The Balaban J connectivity index is 1.71. The Morgan fingerprint density at radius 1 is 1.24 bits per heavy atom. The molecular formula is C28H26F3N7O3. The monoisotopic (exact) mass is 565 g/mol. The first kappa shape index (κ1) is 26.6. The molecule has 5 N–H and O–H groups in total. The molecule has 41 heavy (non-hydrogen) atoms. The van der Waals surface area contributed by atoms with E-state index < -0.39 is 34.3 Å². The first-order valence-corrected chi connectivity index (χ1v) is 13.0. The number of nitrogens with two attached hydrogens (primary N) is 1. The first-order valence-electron chi connectivity index (χ1n) is 13.0. The smallest absolute Gasteiger partial charge is 0.341 e. The minimum atomic E-state index is -1.70. The summed E-state index contributed by atoms with van der Waals surface area (Å²) in [6.07, 6.45) is 4.35. The van der Waals surface area contributed by atoms with Crippen LogP contribution in [-0.2, 0) is 6.54 Å². The van der Waals surface area contributed by atoms with Gasteiger partial charge < -0.3 is 30.6 Å². The molecule has 0 bridgehead atoms. The number of H-pyrrole nitrogens is 1. The summed E-state index contributed by atoms with van der Waals surface area (Å²) >= 11 is 0. The number of anilines is 2. The molecule has 0 amide bonds. The molecule has 13 heteroatoms. The number of benzene rings is 1. The average molecular weight is 566 g/mol. The summed E-state index contributed by atoms with van der Waals surface area (Å²) in [4.78, 5) is 38.7. The Kier molecular flexibility index (Phi) is 6.14. The molecule has 212 valence electrons. The summed E-state index contributed by atoms with van der Waals surface area (Å²) in [7, 11) is 1.58. The van der Waals surface area contributed by atoms with Crippen LogP contribution in [0, 0.1) is 11.6 Å². The van der Waals surface area contributed by atoms with Crippen LogP contribution in [0.4, 0.5) is 24.5 Å². The quantitative estimate of drug-likeness (QED) is 0.242. The van der Waals surface area contributed by atoms with Crippen molar-refractivity contribution in [3.63, 3.8) is 0 Å². The lowest BCUT2D eigenvalue weighted by molar-refractivity contribution is 0.0694. The fraction of sp³-hybridized carbons (Fsp3) is 0.286. The largest absolute Gasteiger partial charge is 0.477 e. The number of halogens is 3. The van der Waals surface area contributed by atoms with E-state index in [2.05, 4.69) is 20.3 Å². The molecule has 10 nitrogen and oxygen atoms in total. The lowest BCUT2D eigenvalue weighted by atomic mass is 10.0. The van der Waals surface area contributed by atoms with Gasteiger partial charge in [0.2, 0.25) is 5.43 Å². The van der Waals surface area contributed by atoms with E-state index in [4.69, 9.17) is 5.73 Å². The van der Waals surface area contributed by atoms with Crippen LogP contribution in [0.3, 0.4) is 0 Å². The van der Waals surface area contributed by atoms with Crippen LogP contribution < -0.4 is 21.4 Å². The Morgan fingerprint density at radius 2 is 2.02 bits per heavy atom. The number of hydrogen-bond donors (Lipinski definition) is 4. The Morgan fingerprint density at radius 3 is 2.68 bits per heavy atom. The Labute approximate surface area is 230 Å². The molecule has 1 atom stereocenters. The topological polar surface area (TPSA) is 142 Å². The number of aromatic carboxylic acids is 1. The number of nitrogens with one attached hydrogen (secondary N) is 2. The van der Waals surface area contributed by atoms with Gasteiger partial charge in [0.05, 0.1) is 39.6 Å². The van der Waals surface area contributed by atoms with Gasteiger partial charge >= 0.3 is 5.97 Å². The number of pyridine rings is 3. The number of alkyl halides is 1. The molecule has 1 aromatic carbocycles. The highest BCUT2D eigenvalue weighted by atomic mass is 19.2. The third kappa shape index (κ3) is 3.98. The number of carboxylic acid groups (broad SMARTS) is 1. The van der Waals surface area contributed by atoms with Crippen molar-refractivity contribution in [2.24, 2.45) is 5.73 Å². The molecule has 1 aliphatic heterocycles. The number of nitrogens with zero attached hydrogens (tertiary/aromatic N) is 4. The molecule has 0 spiro atoms. The second-order valence-corrected chi connectivity index (χ2v) is 10.2. The number of carboxylic acids is 1. The van der Waals surface area contributed by atoms with Crippen LogP contribution in [0.15, 0.2) is 35.5 Å². The zero-order chi connectivity index (χ0) is 29.2. The summed E-state index contributed by atoms with van der Waals surface area (Å²) in [5.41, 5.74) is 5.15. The van der Waals surface area contributed by atoms with Gasteiger partial charge in [-0.15, -0.1) is 0 Å². The van der Waals surface area contributed by atoms with Crippen molar-refractivity contribution in [3.05, 3.63) is 58.1 Å². The van der Waals surface area contributed by atoms with Crippen LogP contribution in [-0.4, -0.2) is 62.9 Å². The van der Waals surface area contributed by atoms with E-state index in [0.717, 1.165) is 6.07 Å². The molecule has 4 aromatic heterocycles. The predicted octanol–water partition coefficient (Wildman–Crippen LogP) is 4.01. The van der Waals surface area contributed by atoms with Gasteiger partial charge in [0.15, 0.2) is 11.6 Å². The van der Waals surface area contributed by atoms with Crippen molar-refractivity contribution < 1.29 is 23.1 Å². The maximum atomic E-state index is 15.5. The second-order valence-electron chi connectivity index (χ2n) is 10.2. The highest BCUT2D eigenvalue weighted by molar-refractivity contribution is 6.18. The normalized spacial score (nSPS) is 17.3. The second kappa shape index (κ2) is 9.47. The summed E-state index contributed by atoms with van der Waals surface area (Å²) in [6, 6.07) is 2.54. The molecule has 1 aliphatic rings. The third-order valence-electron chi connectivity index (χ3n) is 7.81. The molecule has 0 radical (unpaired) electrons. The van der Waals surface area contributed by atoms with E-state index in [9.17, 15) is 19.1 Å². The van der Waals surface area contributed by atoms with Gasteiger partial charge in [0, 0.05) is 68.9 Å². The highest BCUT2D eigenvalue weighted by Gasteiger charge is 2.39. The number of fused-ring (bicyclic) bond motifs is 4. The van der Waals surface area contributed by atoms with Gasteiger partial charge in [-0.1, -0.05) is 0 Å². The SMILES string of the molecule is CCn1cc(C(=O)O)c(=O)c2cc(-c3cnc4[nH]c5c(NC)cc(F)c(F)c5c4c3N3CCC(F)(CN)C3)cnc21. The van der Waals surface area contributed by atoms with Gasteiger partial charge in [-0.05, 0) is 13.0 Å². The van der Waals surface area contributed by atoms with Gasteiger partial charge in [0.25, 0.3) is 0 Å². The van der Waals surface area contributed by atoms with Crippen molar-refractivity contribution in [1.82, 2.24) is 19.5 Å². The number of aromatic amines is 1. The minimum Gasteiger partial charge on any atom is -0.477 e. The van der Waals surface area contributed by atoms with Crippen molar-refractivity contribution in [2.45, 2.75) is 25.6 Å².